The van der Waals surface area contributed by atoms with Gasteiger partial charge in [-0.1, -0.05) is 0 Å². The van der Waals surface area contributed by atoms with Gasteiger partial charge in [0.05, 0.1) is 3.79 Å². The molecule has 1 amide bonds. The van der Waals surface area contributed by atoms with E-state index in [9.17, 15) is 9.59 Å². The van der Waals surface area contributed by atoms with Crippen molar-refractivity contribution in [1.29, 1.82) is 0 Å². The van der Waals surface area contributed by atoms with Crippen LogP contribution in [0.1, 0.15) is 26.4 Å². The van der Waals surface area contributed by atoms with Crippen molar-refractivity contribution >= 4 is 39.1 Å². The molecule has 0 spiro atoms. The van der Waals surface area contributed by atoms with Gasteiger partial charge in [0, 0.05) is 25.4 Å². The third kappa shape index (κ3) is 3.43. The van der Waals surface area contributed by atoms with Crippen LogP contribution in [0.4, 0.5) is 0 Å². The monoisotopic (exact) mass is 354 g/mol. The molecule has 7 heteroatoms. The molecule has 0 aromatic carbocycles. The number of aromatic nitrogens is 1. The molecule has 1 N–H and O–H groups in total. The molecule has 0 aliphatic rings. The van der Waals surface area contributed by atoms with Crippen molar-refractivity contribution in [1.82, 2.24) is 9.88 Å². The third-order valence-corrected chi connectivity index (χ3v) is 4.17. The first-order valence-corrected chi connectivity index (χ1v) is 7.32. The molecule has 0 unspecified atom stereocenters. The lowest BCUT2D eigenvalue weighted by atomic mass is 10.2. The standard InChI is InChI=1S/C13H11BrN2O3S/c1-16(6-8-4-11(14)20-7-8)12(17)9-2-3-15-10(5-9)13(18)19/h2-5,7H,6H2,1H3,(H,18,19). The Bertz CT molecular complexity index is 657. The van der Waals surface area contributed by atoms with Crippen LogP contribution in [0.25, 0.3) is 0 Å². The summed E-state index contributed by atoms with van der Waals surface area (Å²) >= 11 is 4.92. The maximum Gasteiger partial charge on any atom is 0.354 e. The number of aromatic carboxylic acids is 1. The van der Waals surface area contributed by atoms with Crippen molar-refractivity contribution < 1.29 is 14.7 Å². The van der Waals surface area contributed by atoms with Crippen LogP contribution in [0.3, 0.4) is 0 Å². The van der Waals surface area contributed by atoms with E-state index in [1.807, 2.05) is 11.4 Å². The number of carbonyl (C=O) groups is 2. The molecule has 2 aromatic heterocycles. The van der Waals surface area contributed by atoms with E-state index in [-0.39, 0.29) is 11.6 Å². The van der Waals surface area contributed by atoms with Crippen LogP contribution in [0, 0.1) is 0 Å². The summed E-state index contributed by atoms with van der Waals surface area (Å²) in [6.07, 6.45) is 1.33. The number of amides is 1. The maximum absolute atomic E-state index is 12.2. The van der Waals surface area contributed by atoms with Crippen LogP contribution >= 0.6 is 27.3 Å². The Morgan fingerprint density at radius 1 is 1.45 bits per heavy atom. The summed E-state index contributed by atoms with van der Waals surface area (Å²) in [7, 11) is 1.68. The van der Waals surface area contributed by atoms with Crippen LogP contribution < -0.4 is 0 Å². The molecule has 5 nitrogen and oxygen atoms in total. The topological polar surface area (TPSA) is 70.5 Å². The van der Waals surface area contributed by atoms with Gasteiger partial charge in [-0.3, -0.25) is 4.79 Å². The average Bonchev–Trinajstić information content (AvgIpc) is 2.83. The van der Waals surface area contributed by atoms with Gasteiger partial charge in [-0.15, -0.1) is 11.3 Å². The Balaban J connectivity index is 2.14. The Hall–Kier alpha value is -1.73. The second-order valence-electron chi connectivity index (χ2n) is 4.16. The Labute approximate surface area is 128 Å². The summed E-state index contributed by atoms with van der Waals surface area (Å²) < 4.78 is 1.01. The molecule has 0 aliphatic heterocycles. The molecule has 0 aliphatic carbocycles. The first-order valence-electron chi connectivity index (χ1n) is 5.65. The Morgan fingerprint density at radius 3 is 2.80 bits per heavy atom. The number of carboxylic acid groups (broad SMARTS) is 1. The number of thiophene rings is 1. The lowest BCUT2D eigenvalue weighted by Gasteiger charge is -2.16. The minimum atomic E-state index is -1.15. The van der Waals surface area contributed by atoms with Crippen LogP contribution in [0.2, 0.25) is 0 Å². The highest BCUT2D eigenvalue weighted by Gasteiger charge is 2.15. The third-order valence-electron chi connectivity index (χ3n) is 2.61. The van der Waals surface area contributed by atoms with E-state index in [1.165, 1.54) is 23.2 Å². The van der Waals surface area contributed by atoms with Gasteiger partial charge in [0.2, 0.25) is 0 Å². The first-order chi connectivity index (χ1) is 9.47. The minimum absolute atomic E-state index is 0.137. The Kier molecular flexibility index (Phi) is 4.51. The summed E-state index contributed by atoms with van der Waals surface area (Å²) in [5.41, 5.74) is 1.20. The van der Waals surface area contributed by atoms with Gasteiger partial charge in [-0.25, -0.2) is 9.78 Å². The highest BCUT2D eigenvalue weighted by atomic mass is 79.9. The highest BCUT2D eigenvalue weighted by Crippen LogP contribution is 2.21. The van der Waals surface area contributed by atoms with E-state index < -0.39 is 5.97 Å². The average molecular weight is 355 g/mol. The predicted octanol–water partition coefficient (Wildman–Crippen LogP) is 2.88. The predicted molar refractivity (Wildman–Crippen MR) is 79.0 cm³/mol. The molecule has 0 atom stereocenters. The molecule has 0 fully saturated rings. The fourth-order valence-corrected chi connectivity index (χ4v) is 2.88. The van der Waals surface area contributed by atoms with Crippen molar-refractivity contribution in [2.45, 2.75) is 6.54 Å². The molecular weight excluding hydrogens is 344 g/mol. The van der Waals surface area contributed by atoms with Gasteiger partial charge < -0.3 is 10.0 Å². The number of pyridine rings is 1. The molecule has 20 heavy (non-hydrogen) atoms. The van der Waals surface area contributed by atoms with E-state index in [0.717, 1.165) is 9.35 Å². The lowest BCUT2D eigenvalue weighted by molar-refractivity contribution is 0.0690. The van der Waals surface area contributed by atoms with Gasteiger partial charge in [0.25, 0.3) is 5.91 Å². The number of hydrogen-bond acceptors (Lipinski definition) is 4. The highest BCUT2D eigenvalue weighted by molar-refractivity contribution is 9.11. The maximum atomic E-state index is 12.2. The quantitative estimate of drug-likeness (QED) is 0.916. The van der Waals surface area contributed by atoms with Gasteiger partial charge in [0.1, 0.15) is 5.69 Å². The zero-order valence-corrected chi connectivity index (χ0v) is 12.9. The fourth-order valence-electron chi connectivity index (χ4n) is 1.68. The van der Waals surface area contributed by atoms with Crippen molar-refractivity contribution in [3.63, 3.8) is 0 Å². The SMILES string of the molecule is CN(Cc1csc(Br)c1)C(=O)c1ccnc(C(=O)O)c1. The molecule has 0 radical (unpaired) electrons. The molecule has 2 rings (SSSR count). The summed E-state index contributed by atoms with van der Waals surface area (Å²) in [5.74, 6) is -1.39. The largest absolute Gasteiger partial charge is 0.477 e. The van der Waals surface area contributed by atoms with Crippen molar-refractivity contribution in [2.75, 3.05) is 7.05 Å². The number of nitrogens with zero attached hydrogens (tertiary/aromatic N) is 2. The van der Waals surface area contributed by atoms with E-state index >= 15 is 0 Å². The van der Waals surface area contributed by atoms with E-state index in [4.69, 9.17) is 5.11 Å². The van der Waals surface area contributed by atoms with Crippen molar-refractivity contribution in [3.05, 3.63) is 50.4 Å². The van der Waals surface area contributed by atoms with Gasteiger partial charge in [-0.2, -0.15) is 0 Å². The smallest absolute Gasteiger partial charge is 0.354 e. The lowest BCUT2D eigenvalue weighted by Crippen LogP contribution is -2.26. The van der Waals surface area contributed by atoms with Crippen LogP contribution in [-0.2, 0) is 6.54 Å². The Morgan fingerprint density at radius 2 is 2.20 bits per heavy atom. The van der Waals surface area contributed by atoms with E-state index in [0.29, 0.717) is 12.1 Å². The zero-order chi connectivity index (χ0) is 14.7. The summed E-state index contributed by atoms with van der Waals surface area (Å²) in [5, 5.41) is 10.8. The number of halogens is 1. The number of rotatable bonds is 4. The molecule has 0 saturated heterocycles. The second-order valence-corrected chi connectivity index (χ2v) is 6.45. The van der Waals surface area contributed by atoms with Crippen LogP contribution in [0.5, 0.6) is 0 Å². The molecule has 2 aromatic rings. The number of hydrogen-bond donors (Lipinski definition) is 1. The molecule has 2 heterocycles. The minimum Gasteiger partial charge on any atom is -0.477 e. The zero-order valence-electron chi connectivity index (χ0n) is 10.5. The fraction of sp³-hybridized carbons (Fsp3) is 0.154. The number of carbonyl (C=O) groups excluding carboxylic acids is 1. The van der Waals surface area contributed by atoms with E-state index in [1.54, 1.807) is 18.4 Å². The number of carboxylic acids is 1. The van der Waals surface area contributed by atoms with E-state index in [2.05, 4.69) is 20.9 Å². The van der Waals surface area contributed by atoms with Crippen molar-refractivity contribution in [2.24, 2.45) is 0 Å². The summed E-state index contributed by atoms with van der Waals surface area (Å²) in [6, 6.07) is 4.74. The molecule has 0 bridgehead atoms. The summed E-state index contributed by atoms with van der Waals surface area (Å²) in [6.45, 7) is 0.464. The molecular formula is C13H11BrN2O3S. The van der Waals surface area contributed by atoms with Gasteiger partial charge >= 0.3 is 5.97 Å². The van der Waals surface area contributed by atoms with Crippen molar-refractivity contribution in [3.8, 4) is 0 Å². The van der Waals surface area contributed by atoms with Gasteiger partial charge in [-0.05, 0) is 45.1 Å². The van der Waals surface area contributed by atoms with Gasteiger partial charge in [0.15, 0.2) is 0 Å². The second kappa shape index (κ2) is 6.15. The molecule has 104 valence electrons. The summed E-state index contributed by atoms with van der Waals surface area (Å²) in [4.78, 5) is 28.3. The first kappa shape index (κ1) is 14.7. The molecule has 0 saturated carbocycles. The van der Waals surface area contributed by atoms with Crippen LogP contribution in [-0.4, -0.2) is 33.9 Å². The normalized spacial score (nSPS) is 10.3. The van der Waals surface area contributed by atoms with Crippen LogP contribution in [0.15, 0.2) is 33.6 Å².